The van der Waals surface area contributed by atoms with Gasteiger partial charge in [0.05, 0.1) is 13.1 Å². The van der Waals surface area contributed by atoms with Crippen LogP contribution in [0.1, 0.15) is 26.2 Å². The van der Waals surface area contributed by atoms with Crippen molar-refractivity contribution < 1.29 is 18.7 Å². The lowest BCUT2D eigenvalue weighted by Gasteiger charge is -2.39. The number of hydrogen-bond donors (Lipinski definition) is 1. The van der Waals surface area contributed by atoms with Crippen LogP contribution in [0.15, 0.2) is 46.0 Å². The predicted molar refractivity (Wildman–Crippen MR) is 114 cm³/mol. The molecule has 2 aliphatic rings. The normalized spacial score (nSPS) is 21.6. The molecule has 3 heterocycles. The molecule has 0 unspecified atom stereocenters. The Balaban J connectivity index is 1.33. The summed E-state index contributed by atoms with van der Waals surface area (Å²) >= 11 is 0. The number of H-pyrrole nitrogens is 1. The molecule has 1 aromatic heterocycles. The summed E-state index contributed by atoms with van der Waals surface area (Å²) in [5.74, 6) is -0.389. The fourth-order valence-electron chi connectivity index (χ4n) is 4.43. The van der Waals surface area contributed by atoms with Crippen molar-refractivity contribution in [3.63, 3.8) is 0 Å². The van der Waals surface area contributed by atoms with Gasteiger partial charge in [0.1, 0.15) is 11.4 Å². The van der Waals surface area contributed by atoms with Crippen molar-refractivity contribution in [1.82, 2.24) is 14.7 Å². The van der Waals surface area contributed by atoms with Crippen LogP contribution in [0, 0.1) is 11.7 Å². The Bertz CT molecular complexity index is 1120. The molecule has 4 rings (SSSR count). The maximum Gasteiger partial charge on any atom is 0.415 e. The fourth-order valence-corrected chi connectivity index (χ4v) is 4.43. The zero-order chi connectivity index (χ0) is 22.9. The SMILES string of the molecule is C[C@]1(C2CCN(C(=O)CCn3[nH]c(=O)ccc3=O)CC2)CN(c2ccc(F)cc2)C(=O)O1. The summed E-state index contributed by atoms with van der Waals surface area (Å²) < 4.78 is 20.1. The lowest BCUT2D eigenvalue weighted by molar-refractivity contribution is -0.134. The average molecular weight is 444 g/mol. The summed E-state index contributed by atoms with van der Waals surface area (Å²) in [5, 5.41) is 2.41. The average Bonchev–Trinajstić information content (AvgIpc) is 3.10. The van der Waals surface area contributed by atoms with Crippen molar-refractivity contribution >= 4 is 17.7 Å². The first kappa shape index (κ1) is 21.8. The summed E-state index contributed by atoms with van der Waals surface area (Å²) in [6.45, 7) is 3.41. The number of cyclic esters (lactones) is 1. The Labute approximate surface area is 183 Å². The lowest BCUT2D eigenvalue weighted by Crippen LogP contribution is -2.47. The van der Waals surface area contributed by atoms with Crippen LogP contribution in [0.25, 0.3) is 0 Å². The molecule has 2 saturated heterocycles. The summed E-state index contributed by atoms with van der Waals surface area (Å²) in [6.07, 6.45) is 0.999. The minimum Gasteiger partial charge on any atom is -0.441 e. The zero-order valence-corrected chi connectivity index (χ0v) is 17.8. The van der Waals surface area contributed by atoms with Gasteiger partial charge < -0.3 is 9.64 Å². The van der Waals surface area contributed by atoms with E-state index in [-0.39, 0.29) is 36.2 Å². The molecule has 1 atom stereocenters. The number of carbonyl (C=O) groups excluding carboxylic acids is 2. The van der Waals surface area contributed by atoms with E-state index in [0.29, 0.717) is 38.2 Å². The van der Waals surface area contributed by atoms with E-state index >= 15 is 0 Å². The van der Waals surface area contributed by atoms with Crippen molar-refractivity contribution in [2.24, 2.45) is 5.92 Å². The summed E-state index contributed by atoms with van der Waals surface area (Å²) in [6, 6.07) is 8.04. The van der Waals surface area contributed by atoms with Crippen LogP contribution in [0.3, 0.4) is 0 Å². The lowest BCUT2D eigenvalue weighted by atomic mass is 9.81. The summed E-state index contributed by atoms with van der Waals surface area (Å²) in [4.78, 5) is 51.4. The van der Waals surface area contributed by atoms with Gasteiger partial charge in [-0.2, -0.15) is 0 Å². The highest BCUT2D eigenvalue weighted by Crippen LogP contribution is 2.38. The van der Waals surface area contributed by atoms with E-state index in [1.807, 2.05) is 6.92 Å². The highest BCUT2D eigenvalue weighted by molar-refractivity contribution is 5.90. The first-order valence-electron chi connectivity index (χ1n) is 10.6. The number of nitrogens with one attached hydrogen (secondary N) is 1. The molecule has 2 fully saturated rings. The number of aromatic amines is 1. The summed E-state index contributed by atoms with van der Waals surface area (Å²) in [5.41, 5.74) is -0.871. The van der Waals surface area contributed by atoms with E-state index in [1.54, 1.807) is 17.0 Å². The minimum atomic E-state index is -0.697. The van der Waals surface area contributed by atoms with E-state index in [4.69, 9.17) is 4.74 Å². The van der Waals surface area contributed by atoms with Crippen molar-refractivity contribution in [2.75, 3.05) is 24.5 Å². The molecule has 32 heavy (non-hydrogen) atoms. The Hall–Kier alpha value is -3.43. The quantitative estimate of drug-likeness (QED) is 0.756. The van der Waals surface area contributed by atoms with Crippen LogP contribution < -0.4 is 16.0 Å². The van der Waals surface area contributed by atoms with E-state index < -0.39 is 17.3 Å². The molecule has 2 aromatic rings. The number of nitrogens with zero attached hydrogens (tertiary/aromatic N) is 3. The number of amides is 2. The van der Waals surface area contributed by atoms with Crippen LogP contribution in [0.2, 0.25) is 0 Å². The third kappa shape index (κ3) is 4.44. The third-order valence-corrected chi connectivity index (χ3v) is 6.30. The highest BCUT2D eigenvalue weighted by Gasteiger charge is 2.48. The molecule has 1 N–H and O–H groups in total. The molecule has 9 nitrogen and oxygen atoms in total. The number of aromatic nitrogens is 2. The molecule has 2 amide bonds. The topological polar surface area (TPSA) is 105 Å². The maximum absolute atomic E-state index is 13.2. The molecule has 10 heteroatoms. The van der Waals surface area contributed by atoms with Crippen LogP contribution in [-0.4, -0.2) is 51.9 Å². The molecule has 0 saturated carbocycles. The van der Waals surface area contributed by atoms with Crippen LogP contribution >= 0.6 is 0 Å². The van der Waals surface area contributed by atoms with Gasteiger partial charge in [-0.05, 0) is 44.0 Å². The second-order valence-electron chi connectivity index (χ2n) is 8.45. The number of rotatable bonds is 5. The molecular weight excluding hydrogens is 419 g/mol. The standard InChI is InChI=1S/C22H25FN4O5/c1-22(14-26(21(31)32-22)17-4-2-16(23)3-5-17)15-8-11-25(12-9-15)19(29)10-13-27-20(30)7-6-18(28)24-27/h2-7,15H,8-14H2,1H3,(H,24,28)/t22-/m1/s1. The van der Waals surface area contributed by atoms with E-state index in [9.17, 15) is 23.6 Å². The molecular formula is C22H25FN4O5. The van der Waals surface area contributed by atoms with Crippen LogP contribution in [0.5, 0.6) is 0 Å². The zero-order valence-electron chi connectivity index (χ0n) is 17.8. The second kappa shape index (κ2) is 8.60. The Morgan fingerprint density at radius 1 is 1.12 bits per heavy atom. The van der Waals surface area contributed by atoms with Gasteiger partial charge in [-0.3, -0.25) is 24.4 Å². The summed E-state index contributed by atoms with van der Waals surface area (Å²) in [7, 11) is 0. The largest absolute Gasteiger partial charge is 0.441 e. The third-order valence-electron chi connectivity index (χ3n) is 6.30. The van der Waals surface area contributed by atoms with Crippen molar-refractivity contribution in [2.45, 2.75) is 38.3 Å². The number of likely N-dealkylation sites (tertiary alicyclic amines) is 1. The number of ether oxygens (including phenoxy) is 1. The van der Waals surface area contributed by atoms with Crippen LogP contribution in [0.4, 0.5) is 14.9 Å². The van der Waals surface area contributed by atoms with Gasteiger partial charge >= 0.3 is 6.09 Å². The molecule has 170 valence electrons. The minimum absolute atomic E-state index is 0.0778. The Kier molecular flexibility index (Phi) is 5.86. The first-order chi connectivity index (χ1) is 15.2. The van der Waals surface area contributed by atoms with Gasteiger partial charge in [0.15, 0.2) is 0 Å². The first-order valence-corrected chi connectivity index (χ1v) is 10.6. The Morgan fingerprint density at radius 2 is 1.81 bits per heavy atom. The fraction of sp³-hybridized carbons (Fsp3) is 0.455. The van der Waals surface area contributed by atoms with Gasteiger partial charge in [-0.1, -0.05) is 0 Å². The van der Waals surface area contributed by atoms with E-state index in [0.717, 1.165) is 10.7 Å². The number of halogens is 1. The molecule has 0 aliphatic carbocycles. The van der Waals surface area contributed by atoms with E-state index in [2.05, 4.69) is 5.10 Å². The number of aryl methyl sites for hydroxylation is 1. The smallest absolute Gasteiger partial charge is 0.415 e. The van der Waals surface area contributed by atoms with Gasteiger partial charge in [0, 0.05) is 43.2 Å². The van der Waals surface area contributed by atoms with Gasteiger partial charge in [0.25, 0.3) is 11.1 Å². The number of piperidine rings is 1. The number of anilines is 1. The van der Waals surface area contributed by atoms with Gasteiger partial charge in [0.2, 0.25) is 5.91 Å². The molecule has 2 aliphatic heterocycles. The maximum atomic E-state index is 13.2. The second-order valence-corrected chi connectivity index (χ2v) is 8.45. The van der Waals surface area contributed by atoms with Crippen molar-refractivity contribution in [3.8, 4) is 0 Å². The Morgan fingerprint density at radius 3 is 2.50 bits per heavy atom. The monoisotopic (exact) mass is 444 g/mol. The van der Waals surface area contributed by atoms with Gasteiger partial charge in [-0.25, -0.2) is 13.9 Å². The van der Waals surface area contributed by atoms with Crippen molar-refractivity contribution in [3.05, 3.63) is 62.9 Å². The molecule has 0 radical (unpaired) electrons. The predicted octanol–water partition coefficient (Wildman–Crippen LogP) is 1.72. The van der Waals surface area contributed by atoms with Crippen LogP contribution in [-0.2, 0) is 16.1 Å². The molecule has 1 aromatic carbocycles. The number of benzene rings is 1. The van der Waals surface area contributed by atoms with Crippen molar-refractivity contribution in [1.29, 1.82) is 0 Å². The number of hydrogen-bond acceptors (Lipinski definition) is 5. The van der Waals surface area contributed by atoms with E-state index in [1.165, 1.54) is 23.1 Å². The number of carbonyl (C=O) groups is 2. The molecule has 0 spiro atoms. The molecule has 0 bridgehead atoms. The van der Waals surface area contributed by atoms with Gasteiger partial charge in [-0.15, -0.1) is 0 Å². The highest BCUT2D eigenvalue weighted by atomic mass is 19.1.